The molecule has 0 radical (unpaired) electrons. The Labute approximate surface area is 79.8 Å². The van der Waals surface area contributed by atoms with Crippen molar-refractivity contribution in [3.05, 3.63) is 23.4 Å². The van der Waals surface area contributed by atoms with Gasteiger partial charge in [0.05, 0.1) is 17.3 Å². The third-order valence-corrected chi connectivity index (χ3v) is 1.99. The Morgan fingerprint density at radius 1 is 1.31 bits per heavy atom. The highest BCUT2D eigenvalue weighted by Gasteiger charge is 2.05. The average Bonchev–Trinajstić information content (AvgIpc) is 2.07. The van der Waals surface area contributed by atoms with Crippen molar-refractivity contribution in [1.82, 2.24) is 15.0 Å². The zero-order valence-electron chi connectivity index (χ0n) is 6.95. The Morgan fingerprint density at radius 2 is 2.08 bits per heavy atom. The van der Waals surface area contributed by atoms with Gasteiger partial charge in [0.15, 0.2) is 0 Å². The minimum atomic E-state index is 0.391. The molecule has 0 spiro atoms. The van der Waals surface area contributed by atoms with E-state index >= 15 is 0 Å². The van der Waals surface area contributed by atoms with Gasteiger partial charge in [-0.3, -0.25) is 4.98 Å². The summed E-state index contributed by atoms with van der Waals surface area (Å²) in [6, 6.07) is 0. The average molecular weight is 195 g/mol. The van der Waals surface area contributed by atoms with E-state index in [0.717, 1.165) is 0 Å². The van der Waals surface area contributed by atoms with Gasteiger partial charge in [-0.05, 0) is 6.92 Å². The van der Waals surface area contributed by atoms with Gasteiger partial charge in [-0.1, -0.05) is 11.6 Å². The van der Waals surface area contributed by atoms with Crippen molar-refractivity contribution in [1.29, 1.82) is 0 Å². The highest BCUT2D eigenvalue weighted by Crippen LogP contribution is 2.22. The maximum Gasteiger partial charge on any atom is 0.142 e. The molecule has 0 saturated heterocycles. The van der Waals surface area contributed by atoms with Crippen LogP contribution >= 0.6 is 11.6 Å². The molecule has 0 bridgehead atoms. The van der Waals surface area contributed by atoms with Gasteiger partial charge in [-0.2, -0.15) is 0 Å². The molecular weight excluding hydrogens is 188 g/mol. The standard InChI is InChI=1S/C8H7ClN4/c1-4-12-7-5(8(9)13-4)2-11-3-6(7)10/h2-3H,10H2,1H3. The summed E-state index contributed by atoms with van der Waals surface area (Å²) in [6.07, 6.45) is 3.15. The summed E-state index contributed by atoms with van der Waals surface area (Å²) >= 11 is 5.89. The molecule has 0 amide bonds. The lowest BCUT2D eigenvalue weighted by atomic mass is 10.3. The second kappa shape index (κ2) is 2.81. The summed E-state index contributed by atoms with van der Waals surface area (Å²) in [6.45, 7) is 1.77. The van der Waals surface area contributed by atoms with Crippen LogP contribution in [0.5, 0.6) is 0 Å². The fourth-order valence-electron chi connectivity index (χ4n) is 1.13. The van der Waals surface area contributed by atoms with E-state index in [1.807, 2.05) is 0 Å². The molecule has 0 fully saturated rings. The summed E-state index contributed by atoms with van der Waals surface area (Å²) in [5, 5.41) is 1.08. The minimum absolute atomic E-state index is 0.391. The van der Waals surface area contributed by atoms with E-state index in [2.05, 4.69) is 15.0 Å². The third kappa shape index (κ3) is 1.29. The monoisotopic (exact) mass is 194 g/mol. The van der Waals surface area contributed by atoms with Crippen LogP contribution in [0.1, 0.15) is 5.82 Å². The molecule has 5 heteroatoms. The van der Waals surface area contributed by atoms with Crippen molar-refractivity contribution >= 4 is 28.2 Å². The number of hydrogen-bond acceptors (Lipinski definition) is 4. The SMILES string of the molecule is Cc1nc(Cl)c2cncc(N)c2n1. The fourth-order valence-corrected chi connectivity index (χ4v) is 1.40. The molecule has 2 rings (SSSR count). The zero-order chi connectivity index (χ0) is 9.42. The van der Waals surface area contributed by atoms with Crippen LogP contribution in [0.3, 0.4) is 0 Å². The molecule has 13 heavy (non-hydrogen) atoms. The second-order valence-corrected chi connectivity index (χ2v) is 3.04. The molecule has 2 aromatic rings. The van der Waals surface area contributed by atoms with Gasteiger partial charge in [0, 0.05) is 6.20 Å². The number of nitrogen functional groups attached to an aromatic ring is 1. The predicted molar refractivity (Wildman–Crippen MR) is 51.5 cm³/mol. The summed E-state index contributed by atoms with van der Waals surface area (Å²) in [7, 11) is 0. The Kier molecular flexibility index (Phi) is 1.77. The smallest absolute Gasteiger partial charge is 0.142 e. The van der Waals surface area contributed by atoms with Crippen LogP contribution in [0.4, 0.5) is 5.69 Å². The van der Waals surface area contributed by atoms with Gasteiger partial charge in [-0.15, -0.1) is 0 Å². The molecule has 0 unspecified atom stereocenters. The van der Waals surface area contributed by atoms with Gasteiger partial charge >= 0.3 is 0 Å². The number of aromatic nitrogens is 3. The molecule has 0 saturated carbocycles. The lowest BCUT2D eigenvalue weighted by molar-refractivity contribution is 1.09. The van der Waals surface area contributed by atoms with Crippen molar-refractivity contribution in [2.75, 3.05) is 5.73 Å². The number of pyridine rings is 1. The normalized spacial score (nSPS) is 10.6. The number of nitrogens with zero attached hydrogens (tertiary/aromatic N) is 3. The molecule has 0 atom stereocenters. The Morgan fingerprint density at radius 3 is 2.85 bits per heavy atom. The van der Waals surface area contributed by atoms with Crippen LogP contribution < -0.4 is 5.73 Å². The Balaban J connectivity index is 2.94. The molecule has 0 aliphatic rings. The molecular formula is C8H7ClN4. The molecule has 4 nitrogen and oxygen atoms in total. The van der Waals surface area contributed by atoms with Gasteiger partial charge in [0.2, 0.25) is 0 Å². The predicted octanol–water partition coefficient (Wildman–Crippen LogP) is 1.57. The molecule has 2 aromatic heterocycles. The summed E-state index contributed by atoms with van der Waals surface area (Å²) in [5.74, 6) is 0.607. The van der Waals surface area contributed by atoms with Gasteiger partial charge in [-0.25, -0.2) is 9.97 Å². The van der Waals surface area contributed by atoms with E-state index in [4.69, 9.17) is 17.3 Å². The van der Waals surface area contributed by atoms with E-state index in [0.29, 0.717) is 27.6 Å². The maximum absolute atomic E-state index is 5.89. The third-order valence-electron chi connectivity index (χ3n) is 1.70. The van der Waals surface area contributed by atoms with Gasteiger partial charge < -0.3 is 5.73 Å². The van der Waals surface area contributed by atoms with Crippen LogP contribution in [0.25, 0.3) is 10.9 Å². The highest BCUT2D eigenvalue weighted by molar-refractivity contribution is 6.34. The molecule has 2 N–H and O–H groups in total. The molecule has 66 valence electrons. The molecule has 0 aliphatic carbocycles. The molecule has 0 aliphatic heterocycles. The van der Waals surface area contributed by atoms with E-state index < -0.39 is 0 Å². The maximum atomic E-state index is 5.89. The number of hydrogen-bond donors (Lipinski definition) is 1. The highest BCUT2D eigenvalue weighted by atomic mass is 35.5. The summed E-state index contributed by atoms with van der Waals surface area (Å²) in [5.41, 5.74) is 6.86. The summed E-state index contributed by atoms with van der Waals surface area (Å²) < 4.78 is 0. The van der Waals surface area contributed by atoms with E-state index in [9.17, 15) is 0 Å². The van der Waals surface area contributed by atoms with Gasteiger partial charge in [0.1, 0.15) is 16.5 Å². The molecule has 0 aromatic carbocycles. The second-order valence-electron chi connectivity index (χ2n) is 2.69. The quantitative estimate of drug-likeness (QED) is 0.647. The van der Waals surface area contributed by atoms with Crippen LogP contribution in [0.2, 0.25) is 5.15 Å². The van der Waals surface area contributed by atoms with Crippen LogP contribution in [0, 0.1) is 6.92 Å². The number of nitrogens with two attached hydrogens (primary N) is 1. The van der Waals surface area contributed by atoms with Crippen molar-refractivity contribution < 1.29 is 0 Å². The number of rotatable bonds is 0. The van der Waals surface area contributed by atoms with E-state index in [1.165, 1.54) is 0 Å². The minimum Gasteiger partial charge on any atom is -0.396 e. The first-order valence-corrected chi connectivity index (χ1v) is 4.09. The first-order valence-electron chi connectivity index (χ1n) is 3.72. The van der Waals surface area contributed by atoms with Crippen LogP contribution in [-0.2, 0) is 0 Å². The van der Waals surface area contributed by atoms with Crippen molar-refractivity contribution in [2.24, 2.45) is 0 Å². The number of halogens is 1. The Bertz CT molecular complexity index is 469. The first-order chi connectivity index (χ1) is 6.18. The fraction of sp³-hybridized carbons (Fsp3) is 0.125. The topological polar surface area (TPSA) is 64.7 Å². The number of aryl methyl sites for hydroxylation is 1. The molecule has 2 heterocycles. The van der Waals surface area contributed by atoms with Crippen molar-refractivity contribution in [2.45, 2.75) is 6.92 Å². The number of fused-ring (bicyclic) bond motifs is 1. The lowest BCUT2D eigenvalue weighted by Crippen LogP contribution is -1.95. The largest absolute Gasteiger partial charge is 0.396 e. The van der Waals surface area contributed by atoms with E-state index in [-0.39, 0.29) is 0 Å². The summed E-state index contributed by atoms with van der Waals surface area (Å²) in [4.78, 5) is 12.1. The lowest BCUT2D eigenvalue weighted by Gasteiger charge is -2.02. The van der Waals surface area contributed by atoms with Crippen molar-refractivity contribution in [3.8, 4) is 0 Å². The van der Waals surface area contributed by atoms with Crippen LogP contribution in [-0.4, -0.2) is 15.0 Å². The van der Waals surface area contributed by atoms with Crippen molar-refractivity contribution in [3.63, 3.8) is 0 Å². The Hall–Kier alpha value is -1.42. The number of anilines is 1. The van der Waals surface area contributed by atoms with Crippen LogP contribution in [0.15, 0.2) is 12.4 Å². The zero-order valence-corrected chi connectivity index (χ0v) is 7.71. The van der Waals surface area contributed by atoms with Gasteiger partial charge in [0.25, 0.3) is 0 Å². The first kappa shape index (κ1) is 8.19. The van der Waals surface area contributed by atoms with E-state index in [1.54, 1.807) is 19.3 Å².